The van der Waals surface area contributed by atoms with Crippen LogP contribution in [0, 0.1) is 0 Å². The Morgan fingerprint density at radius 1 is 1.33 bits per heavy atom. The number of nitrogens with zero attached hydrogens (tertiary/aromatic N) is 3. The molecule has 1 N–H and O–H groups in total. The third-order valence-electron chi connectivity index (χ3n) is 4.27. The molecule has 128 valence electrons. The fraction of sp³-hybridized carbons (Fsp3) is 0.533. The minimum absolute atomic E-state index is 0.252. The predicted octanol–water partition coefficient (Wildman–Crippen LogP) is 1.25. The van der Waals surface area contributed by atoms with Crippen LogP contribution in [0.15, 0.2) is 18.6 Å². The molecule has 2 aliphatic heterocycles. The predicted molar refractivity (Wildman–Crippen MR) is 84.3 cm³/mol. The topological polar surface area (TPSA) is 87.5 Å². The first kappa shape index (κ1) is 15.8. The molecule has 2 aliphatic rings. The zero-order valence-electron chi connectivity index (χ0n) is 13.4. The summed E-state index contributed by atoms with van der Waals surface area (Å²) in [5, 5.41) is 3.67. The largest absolute Gasteiger partial charge is 0.357 e. The quantitative estimate of drug-likeness (QED) is 0.818. The van der Waals surface area contributed by atoms with Crippen LogP contribution in [0.2, 0.25) is 5.15 Å². The molecule has 2 aromatic heterocycles. The van der Waals surface area contributed by atoms with Crippen LogP contribution < -0.4 is 5.32 Å². The maximum atomic E-state index is 12.2. The highest BCUT2D eigenvalue weighted by molar-refractivity contribution is 6.33. The second kappa shape index (κ2) is 5.38. The van der Waals surface area contributed by atoms with Crippen LogP contribution in [0.5, 0.6) is 0 Å². The average Bonchev–Trinajstić information content (AvgIpc) is 3.18. The van der Waals surface area contributed by atoms with Gasteiger partial charge in [0, 0.05) is 13.2 Å². The van der Waals surface area contributed by atoms with Gasteiger partial charge in [0.05, 0.1) is 5.39 Å². The molecule has 0 unspecified atom stereocenters. The number of nitrogens with one attached hydrogen (secondary N) is 1. The minimum Gasteiger partial charge on any atom is -0.357 e. The van der Waals surface area contributed by atoms with Gasteiger partial charge in [-0.2, -0.15) is 0 Å². The van der Waals surface area contributed by atoms with Gasteiger partial charge in [-0.3, -0.25) is 4.79 Å². The van der Waals surface area contributed by atoms with Crippen molar-refractivity contribution < 1.29 is 19.0 Å². The standard InChI is InChI=1S/C15H17ClN4O4/c1-15(2)23-8-9(13(21)17-3)22-14(10(8)24-15)20-5-4-7-11(16)18-6-19-12(7)20/h4-6,8-10,14H,1-3H3,(H,17,21)/t8-,9+,10-,14-/m1/s1. The lowest BCUT2D eigenvalue weighted by molar-refractivity contribution is -0.197. The summed E-state index contributed by atoms with van der Waals surface area (Å²) < 4.78 is 19.6. The lowest BCUT2D eigenvalue weighted by Gasteiger charge is -2.24. The number of hydrogen-bond acceptors (Lipinski definition) is 6. The summed E-state index contributed by atoms with van der Waals surface area (Å²) in [4.78, 5) is 20.4. The van der Waals surface area contributed by atoms with E-state index in [9.17, 15) is 4.79 Å². The van der Waals surface area contributed by atoms with E-state index in [1.807, 2.05) is 19.9 Å². The van der Waals surface area contributed by atoms with Crippen molar-refractivity contribution in [2.75, 3.05) is 7.05 Å². The van der Waals surface area contributed by atoms with E-state index >= 15 is 0 Å². The molecule has 2 aromatic rings. The molecule has 1 amide bonds. The number of rotatable bonds is 2. The molecule has 0 saturated carbocycles. The number of likely N-dealkylation sites (N-methyl/N-ethyl adjacent to an activating group) is 1. The van der Waals surface area contributed by atoms with Crippen molar-refractivity contribution in [1.29, 1.82) is 0 Å². The molecular formula is C15H17ClN4O4. The first-order valence-electron chi connectivity index (χ1n) is 7.61. The number of ether oxygens (including phenoxy) is 3. The average molecular weight is 353 g/mol. The molecule has 0 radical (unpaired) electrons. The van der Waals surface area contributed by atoms with Gasteiger partial charge >= 0.3 is 0 Å². The third kappa shape index (κ3) is 2.29. The molecule has 0 aromatic carbocycles. The number of carbonyl (C=O) groups excluding carboxylic acids is 1. The molecule has 2 saturated heterocycles. The Morgan fingerprint density at radius 2 is 2.08 bits per heavy atom. The molecule has 4 heterocycles. The lowest BCUT2D eigenvalue weighted by atomic mass is 10.1. The van der Waals surface area contributed by atoms with E-state index in [0.717, 1.165) is 0 Å². The number of halogens is 1. The maximum Gasteiger partial charge on any atom is 0.251 e. The molecule has 0 spiro atoms. The van der Waals surface area contributed by atoms with Crippen molar-refractivity contribution in [1.82, 2.24) is 19.9 Å². The van der Waals surface area contributed by atoms with Gasteiger partial charge in [0.25, 0.3) is 5.91 Å². The Balaban J connectivity index is 1.77. The van der Waals surface area contributed by atoms with Crippen LogP contribution >= 0.6 is 11.6 Å². The zero-order chi connectivity index (χ0) is 17.1. The fourth-order valence-electron chi connectivity index (χ4n) is 3.30. The van der Waals surface area contributed by atoms with Crippen molar-refractivity contribution in [3.63, 3.8) is 0 Å². The number of aromatic nitrogens is 3. The summed E-state index contributed by atoms with van der Waals surface area (Å²) in [6.07, 6.45) is 0.934. The van der Waals surface area contributed by atoms with Crippen molar-refractivity contribution in [2.45, 2.75) is 44.2 Å². The summed E-state index contributed by atoms with van der Waals surface area (Å²) >= 11 is 6.11. The SMILES string of the molecule is CNC(=O)[C@H]1O[C@@H](n2ccc3c(Cl)ncnc32)[C@@H]2OC(C)(C)O[C@@H]21. The lowest BCUT2D eigenvalue weighted by Crippen LogP contribution is -2.41. The highest BCUT2D eigenvalue weighted by atomic mass is 35.5. The molecule has 4 rings (SSSR count). The van der Waals surface area contributed by atoms with E-state index in [-0.39, 0.29) is 5.91 Å². The van der Waals surface area contributed by atoms with Crippen molar-refractivity contribution in [2.24, 2.45) is 0 Å². The van der Waals surface area contributed by atoms with Crippen LogP contribution in [0.25, 0.3) is 11.0 Å². The number of carbonyl (C=O) groups is 1. The Kier molecular flexibility index (Phi) is 3.54. The first-order chi connectivity index (χ1) is 11.4. The zero-order valence-corrected chi connectivity index (χ0v) is 14.1. The molecule has 9 heteroatoms. The van der Waals surface area contributed by atoms with Gasteiger partial charge in [0.1, 0.15) is 29.3 Å². The minimum atomic E-state index is -0.792. The second-order valence-corrected chi connectivity index (χ2v) is 6.61. The molecular weight excluding hydrogens is 336 g/mol. The van der Waals surface area contributed by atoms with E-state index in [1.165, 1.54) is 6.33 Å². The summed E-state index contributed by atoms with van der Waals surface area (Å²) in [5.74, 6) is -1.04. The van der Waals surface area contributed by atoms with Gasteiger partial charge in [0.15, 0.2) is 18.1 Å². The number of fused-ring (bicyclic) bond motifs is 2. The summed E-state index contributed by atoms with van der Waals surface area (Å²) in [6, 6.07) is 1.81. The smallest absolute Gasteiger partial charge is 0.251 e. The molecule has 8 nitrogen and oxygen atoms in total. The highest BCUT2D eigenvalue weighted by Gasteiger charge is 2.58. The molecule has 24 heavy (non-hydrogen) atoms. The van der Waals surface area contributed by atoms with Gasteiger partial charge < -0.3 is 24.1 Å². The second-order valence-electron chi connectivity index (χ2n) is 6.25. The van der Waals surface area contributed by atoms with E-state index < -0.39 is 30.3 Å². The van der Waals surface area contributed by atoms with Gasteiger partial charge in [0.2, 0.25) is 0 Å². The van der Waals surface area contributed by atoms with Crippen LogP contribution in [-0.2, 0) is 19.0 Å². The summed E-state index contributed by atoms with van der Waals surface area (Å²) in [6.45, 7) is 3.63. The van der Waals surface area contributed by atoms with Gasteiger partial charge in [-0.15, -0.1) is 0 Å². The van der Waals surface area contributed by atoms with Crippen LogP contribution in [0.3, 0.4) is 0 Å². The van der Waals surface area contributed by atoms with Gasteiger partial charge in [-0.25, -0.2) is 9.97 Å². The van der Waals surface area contributed by atoms with Crippen LogP contribution in [0.4, 0.5) is 0 Å². The molecule has 4 atom stereocenters. The number of hydrogen-bond donors (Lipinski definition) is 1. The number of amides is 1. The van der Waals surface area contributed by atoms with E-state index in [4.69, 9.17) is 25.8 Å². The Labute approximate surface area is 143 Å². The van der Waals surface area contributed by atoms with Crippen molar-refractivity contribution >= 4 is 28.5 Å². The normalized spacial score (nSPS) is 31.3. The Hall–Kier alpha value is -1.74. The molecule has 0 bridgehead atoms. The third-order valence-corrected chi connectivity index (χ3v) is 4.57. The Bertz CT molecular complexity index is 808. The summed E-state index contributed by atoms with van der Waals surface area (Å²) in [5.41, 5.74) is 0.615. The maximum absolute atomic E-state index is 12.2. The van der Waals surface area contributed by atoms with E-state index in [0.29, 0.717) is 16.2 Å². The fourth-order valence-corrected chi connectivity index (χ4v) is 3.49. The highest BCUT2D eigenvalue weighted by Crippen LogP contribution is 2.44. The monoisotopic (exact) mass is 352 g/mol. The Morgan fingerprint density at radius 3 is 2.83 bits per heavy atom. The van der Waals surface area contributed by atoms with Crippen molar-refractivity contribution in [3.8, 4) is 0 Å². The molecule has 0 aliphatic carbocycles. The van der Waals surface area contributed by atoms with Crippen molar-refractivity contribution in [3.05, 3.63) is 23.7 Å². The van der Waals surface area contributed by atoms with E-state index in [1.54, 1.807) is 17.8 Å². The van der Waals surface area contributed by atoms with Crippen LogP contribution in [0.1, 0.15) is 20.1 Å². The summed E-state index contributed by atoms with van der Waals surface area (Å²) in [7, 11) is 1.56. The van der Waals surface area contributed by atoms with Gasteiger partial charge in [-0.1, -0.05) is 11.6 Å². The van der Waals surface area contributed by atoms with Gasteiger partial charge in [-0.05, 0) is 19.9 Å². The van der Waals surface area contributed by atoms with Crippen LogP contribution in [-0.4, -0.2) is 51.6 Å². The van der Waals surface area contributed by atoms with E-state index in [2.05, 4.69) is 15.3 Å². The first-order valence-corrected chi connectivity index (χ1v) is 7.99. The molecule has 2 fully saturated rings.